The lowest BCUT2D eigenvalue weighted by Crippen LogP contribution is -2.36. The number of hydrogen-bond donors (Lipinski definition) is 2. The van der Waals surface area contributed by atoms with Crippen LogP contribution in [0.3, 0.4) is 0 Å². The van der Waals surface area contributed by atoms with E-state index in [0.29, 0.717) is 6.54 Å². The van der Waals surface area contributed by atoms with Crippen LogP contribution in [0.25, 0.3) is 0 Å². The predicted molar refractivity (Wildman–Crippen MR) is 104 cm³/mol. The van der Waals surface area contributed by atoms with E-state index in [-0.39, 0.29) is 0 Å². The summed E-state index contributed by atoms with van der Waals surface area (Å²) < 4.78 is 5.40. The topological polar surface area (TPSA) is 61.8 Å². The number of hydrogen-bond acceptors (Lipinski definition) is 4. The number of benzene rings is 1. The maximum absolute atomic E-state index is 5.40. The molecule has 0 aliphatic carbocycles. The molecule has 2 aromatic rings. The van der Waals surface area contributed by atoms with Crippen LogP contribution in [-0.4, -0.2) is 49.2 Å². The third-order valence-electron chi connectivity index (χ3n) is 4.38. The van der Waals surface area contributed by atoms with Crippen molar-refractivity contribution in [3.05, 3.63) is 65.5 Å². The van der Waals surface area contributed by atoms with Gasteiger partial charge in [0.05, 0.1) is 25.5 Å². The molecular formula is C20H27N5O. The zero-order chi connectivity index (χ0) is 18.0. The lowest BCUT2D eigenvalue weighted by atomic mass is 10.1. The van der Waals surface area contributed by atoms with Crippen LogP contribution in [0.5, 0.6) is 0 Å². The van der Waals surface area contributed by atoms with Crippen molar-refractivity contribution >= 4 is 5.96 Å². The van der Waals surface area contributed by atoms with Crippen LogP contribution in [-0.2, 0) is 24.4 Å². The van der Waals surface area contributed by atoms with Crippen molar-refractivity contribution < 1.29 is 4.74 Å². The van der Waals surface area contributed by atoms with Crippen molar-refractivity contribution in [3.63, 3.8) is 0 Å². The van der Waals surface area contributed by atoms with E-state index in [9.17, 15) is 0 Å². The molecule has 6 heteroatoms. The highest BCUT2D eigenvalue weighted by molar-refractivity contribution is 5.79. The molecule has 26 heavy (non-hydrogen) atoms. The lowest BCUT2D eigenvalue weighted by Gasteiger charge is -2.26. The summed E-state index contributed by atoms with van der Waals surface area (Å²) in [5.74, 6) is 0.771. The molecule has 0 atom stereocenters. The van der Waals surface area contributed by atoms with E-state index in [1.807, 2.05) is 18.2 Å². The van der Waals surface area contributed by atoms with Crippen LogP contribution in [0.4, 0.5) is 0 Å². The summed E-state index contributed by atoms with van der Waals surface area (Å²) in [4.78, 5) is 11.0. The second kappa shape index (κ2) is 9.89. The Kier molecular flexibility index (Phi) is 6.98. The van der Waals surface area contributed by atoms with Gasteiger partial charge in [-0.1, -0.05) is 30.3 Å². The zero-order valence-electron chi connectivity index (χ0n) is 15.3. The number of nitrogens with zero attached hydrogens (tertiary/aromatic N) is 3. The Morgan fingerprint density at radius 2 is 1.77 bits per heavy atom. The van der Waals surface area contributed by atoms with Crippen LogP contribution in [0.15, 0.2) is 53.7 Å². The Hall–Kier alpha value is -2.44. The van der Waals surface area contributed by atoms with E-state index in [2.05, 4.69) is 49.8 Å². The average molecular weight is 353 g/mol. The Bertz CT molecular complexity index is 681. The second-order valence-electron chi connectivity index (χ2n) is 6.31. The van der Waals surface area contributed by atoms with Crippen molar-refractivity contribution in [1.82, 2.24) is 20.5 Å². The fraction of sp³-hybridized carbons (Fsp3) is 0.400. The molecule has 0 radical (unpaired) electrons. The fourth-order valence-corrected chi connectivity index (χ4v) is 2.86. The van der Waals surface area contributed by atoms with Gasteiger partial charge in [-0.05, 0) is 23.3 Å². The first-order valence-corrected chi connectivity index (χ1v) is 9.06. The smallest absolute Gasteiger partial charge is 0.191 e. The minimum Gasteiger partial charge on any atom is -0.379 e. The van der Waals surface area contributed by atoms with Crippen LogP contribution in [0, 0.1) is 0 Å². The predicted octanol–water partition coefficient (Wildman–Crippen LogP) is 1.78. The molecule has 1 saturated heterocycles. The molecule has 0 amide bonds. The van der Waals surface area contributed by atoms with Crippen LogP contribution in [0.2, 0.25) is 0 Å². The standard InChI is InChI=1S/C20H27N5O/c1-21-20(24-15-19-4-2-3-9-22-19)23-14-17-5-7-18(8-6-17)16-25-10-12-26-13-11-25/h2-9H,10-16H2,1H3,(H2,21,23,24). The molecule has 0 saturated carbocycles. The van der Waals surface area contributed by atoms with Gasteiger partial charge in [-0.3, -0.25) is 14.9 Å². The van der Waals surface area contributed by atoms with Gasteiger partial charge in [0.15, 0.2) is 5.96 Å². The summed E-state index contributed by atoms with van der Waals surface area (Å²) in [5.41, 5.74) is 3.56. The monoisotopic (exact) mass is 353 g/mol. The van der Waals surface area contributed by atoms with E-state index in [1.54, 1.807) is 13.2 Å². The van der Waals surface area contributed by atoms with Crippen molar-refractivity contribution in [2.45, 2.75) is 19.6 Å². The Morgan fingerprint density at radius 3 is 2.46 bits per heavy atom. The van der Waals surface area contributed by atoms with Crippen LogP contribution >= 0.6 is 0 Å². The van der Waals surface area contributed by atoms with Gasteiger partial charge in [0, 0.05) is 39.4 Å². The molecule has 0 spiro atoms. The minimum absolute atomic E-state index is 0.652. The minimum atomic E-state index is 0.652. The van der Waals surface area contributed by atoms with E-state index in [1.165, 1.54) is 11.1 Å². The second-order valence-corrected chi connectivity index (χ2v) is 6.31. The first-order valence-electron chi connectivity index (χ1n) is 9.06. The number of aromatic nitrogens is 1. The highest BCUT2D eigenvalue weighted by Crippen LogP contribution is 2.09. The van der Waals surface area contributed by atoms with Gasteiger partial charge in [0.2, 0.25) is 0 Å². The number of pyridine rings is 1. The molecule has 0 unspecified atom stereocenters. The molecule has 1 aromatic heterocycles. The van der Waals surface area contributed by atoms with E-state index in [4.69, 9.17) is 4.74 Å². The molecular weight excluding hydrogens is 326 g/mol. The summed E-state index contributed by atoms with van der Waals surface area (Å²) in [6.45, 7) is 6.09. The molecule has 1 aromatic carbocycles. The molecule has 3 rings (SSSR count). The van der Waals surface area contributed by atoms with Gasteiger partial charge in [-0.25, -0.2) is 0 Å². The van der Waals surface area contributed by atoms with Crippen molar-refractivity contribution in [2.24, 2.45) is 4.99 Å². The largest absolute Gasteiger partial charge is 0.379 e. The van der Waals surface area contributed by atoms with Crippen LogP contribution in [0.1, 0.15) is 16.8 Å². The number of rotatable bonds is 6. The number of morpholine rings is 1. The molecule has 0 bridgehead atoms. The zero-order valence-corrected chi connectivity index (χ0v) is 15.3. The average Bonchev–Trinajstić information content (AvgIpc) is 2.71. The Balaban J connectivity index is 1.44. The maximum atomic E-state index is 5.40. The molecule has 1 aliphatic rings. The van der Waals surface area contributed by atoms with Crippen molar-refractivity contribution in [1.29, 1.82) is 0 Å². The summed E-state index contributed by atoms with van der Waals surface area (Å²) >= 11 is 0. The molecule has 2 heterocycles. The summed E-state index contributed by atoms with van der Waals surface area (Å²) in [6, 6.07) is 14.7. The third kappa shape index (κ3) is 5.82. The van der Waals surface area contributed by atoms with Gasteiger partial charge in [-0.2, -0.15) is 0 Å². The van der Waals surface area contributed by atoms with Gasteiger partial charge >= 0.3 is 0 Å². The lowest BCUT2D eigenvalue weighted by molar-refractivity contribution is 0.0342. The highest BCUT2D eigenvalue weighted by Gasteiger charge is 2.10. The molecule has 6 nitrogen and oxygen atoms in total. The normalized spacial score (nSPS) is 15.7. The number of nitrogens with one attached hydrogen (secondary N) is 2. The van der Waals surface area contributed by atoms with E-state index < -0.39 is 0 Å². The first kappa shape index (κ1) is 18.4. The van der Waals surface area contributed by atoms with E-state index in [0.717, 1.165) is 51.0 Å². The van der Waals surface area contributed by atoms with Crippen molar-refractivity contribution in [2.75, 3.05) is 33.4 Å². The highest BCUT2D eigenvalue weighted by atomic mass is 16.5. The number of ether oxygens (including phenoxy) is 1. The fourth-order valence-electron chi connectivity index (χ4n) is 2.86. The van der Waals surface area contributed by atoms with Crippen LogP contribution < -0.4 is 10.6 Å². The summed E-state index contributed by atoms with van der Waals surface area (Å²) in [6.07, 6.45) is 1.80. The van der Waals surface area contributed by atoms with E-state index >= 15 is 0 Å². The molecule has 2 N–H and O–H groups in total. The molecule has 1 aliphatic heterocycles. The first-order chi connectivity index (χ1) is 12.8. The Labute approximate surface area is 155 Å². The maximum Gasteiger partial charge on any atom is 0.191 e. The van der Waals surface area contributed by atoms with Gasteiger partial charge < -0.3 is 15.4 Å². The van der Waals surface area contributed by atoms with Gasteiger partial charge in [-0.15, -0.1) is 0 Å². The SMILES string of the molecule is CN=C(NCc1ccc(CN2CCOCC2)cc1)NCc1ccccn1. The van der Waals surface area contributed by atoms with Gasteiger partial charge in [0.25, 0.3) is 0 Å². The Morgan fingerprint density at radius 1 is 1.04 bits per heavy atom. The third-order valence-corrected chi connectivity index (χ3v) is 4.38. The molecule has 138 valence electrons. The van der Waals surface area contributed by atoms with Gasteiger partial charge in [0.1, 0.15) is 0 Å². The number of guanidine groups is 1. The summed E-state index contributed by atoms with van der Waals surface area (Å²) in [7, 11) is 1.78. The number of aliphatic imine (C=N–C) groups is 1. The quantitative estimate of drug-likeness (QED) is 0.612. The van der Waals surface area contributed by atoms with Crippen molar-refractivity contribution in [3.8, 4) is 0 Å². The molecule has 1 fully saturated rings. The summed E-state index contributed by atoms with van der Waals surface area (Å²) in [5, 5.41) is 6.62.